The van der Waals surface area contributed by atoms with Gasteiger partial charge in [0.1, 0.15) is 5.82 Å². The molecule has 8 nitrogen and oxygen atoms in total. The molecule has 2 atom stereocenters. The Morgan fingerprint density at radius 3 is 2.73 bits per heavy atom. The first-order valence-corrected chi connectivity index (χ1v) is 11.8. The van der Waals surface area contributed by atoms with Crippen LogP contribution < -0.4 is 10.6 Å². The van der Waals surface area contributed by atoms with Crippen LogP contribution in [0.3, 0.4) is 0 Å². The van der Waals surface area contributed by atoms with Gasteiger partial charge in [0, 0.05) is 56.2 Å². The maximum atomic E-state index is 13.4. The van der Waals surface area contributed by atoms with Crippen LogP contribution >= 0.6 is 0 Å². The molecule has 3 aromatic rings. The Labute approximate surface area is 194 Å². The van der Waals surface area contributed by atoms with Crippen molar-refractivity contribution in [3.63, 3.8) is 0 Å². The van der Waals surface area contributed by atoms with Crippen LogP contribution in [-0.2, 0) is 11.3 Å². The van der Waals surface area contributed by atoms with E-state index in [2.05, 4.69) is 11.8 Å². The molecule has 2 aliphatic heterocycles. The Bertz CT molecular complexity index is 1140. The average molecular weight is 449 g/mol. The van der Waals surface area contributed by atoms with Crippen LogP contribution in [0.25, 0.3) is 5.65 Å². The molecule has 4 heterocycles. The smallest absolute Gasteiger partial charge is 0.254 e. The number of likely N-dealkylation sites (tertiary alicyclic amines) is 1. The van der Waals surface area contributed by atoms with E-state index in [1.54, 1.807) is 7.11 Å². The standard InChI is InChI=1S/C25H32N6O2/c1-17-14-31-23(27-24(17)29-12-10-20(26)15-29)13-21(28-31)22-5-3-4-11-30(22)25(32)19-8-6-18(7-9-19)16-33-2/h6-9,13-14,20,22H,3-5,10-12,15-16,26H2,1-2H3. The molecule has 2 aromatic heterocycles. The molecular formula is C25H32N6O2. The fourth-order valence-electron chi connectivity index (χ4n) is 5.04. The number of hydrogen-bond donors (Lipinski definition) is 1. The van der Waals surface area contributed by atoms with E-state index in [4.69, 9.17) is 20.6 Å². The fourth-order valence-corrected chi connectivity index (χ4v) is 5.04. The number of carbonyl (C=O) groups excluding carboxylic acids is 1. The van der Waals surface area contributed by atoms with Gasteiger partial charge in [0.25, 0.3) is 5.91 Å². The van der Waals surface area contributed by atoms with E-state index in [-0.39, 0.29) is 18.0 Å². The van der Waals surface area contributed by atoms with Gasteiger partial charge in [-0.2, -0.15) is 5.10 Å². The van der Waals surface area contributed by atoms with Crippen molar-refractivity contribution in [3.05, 3.63) is 58.9 Å². The molecule has 0 bridgehead atoms. The lowest BCUT2D eigenvalue weighted by molar-refractivity contribution is 0.0605. The number of benzene rings is 1. The van der Waals surface area contributed by atoms with Crippen molar-refractivity contribution in [3.8, 4) is 0 Å². The molecule has 2 unspecified atom stereocenters. The lowest BCUT2D eigenvalue weighted by Gasteiger charge is -2.34. The largest absolute Gasteiger partial charge is 0.380 e. The highest BCUT2D eigenvalue weighted by molar-refractivity contribution is 5.94. The summed E-state index contributed by atoms with van der Waals surface area (Å²) in [4.78, 5) is 22.6. The molecule has 0 radical (unpaired) electrons. The lowest BCUT2D eigenvalue weighted by atomic mass is 9.98. The van der Waals surface area contributed by atoms with Gasteiger partial charge in [0.2, 0.25) is 0 Å². The molecule has 5 rings (SSSR count). The summed E-state index contributed by atoms with van der Waals surface area (Å²) in [5.74, 6) is 1.03. The molecule has 2 N–H and O–H groups in total. The van der Waals surface area contributed by atoms with Crippen molar-refractivity contribution < 1.29 is 9.53 Å². The molecule has 33 heavy (non-hydrogen) atoms. The number of ether oxygens (including phenoxy) is 1. The van der Waals surface area contributed by atoms with Crippen LogP contribution in [0.15, 0.2) is 36.5 Å². The summed E-state index contributed by atoms with van der Waals surface area (Å²) in [5.41, 5.74) is 10.7. The van der Waals surface area contributed by atoms with E-state index < -0.39 is 0 Å². The lowest BCUT2D eigenvalue weighted by Crippen LogP contribution is -2.38. The number of aryl methyl sites for hydroxylation is 1. The highest BCUT2D eigenvalue weighted by Crippen LogP contribution is 2.32. The van der Waals surface area contributed by atoms with Gasteiger partial charge in [-0.1, -0.05) is 12.1 Å². The van der Waals surface area contributed by atoms with E-state index in [1.165, 1.54) is 0 Å². The van der Waals surface area contributed by atoms with Crippen molar-refractivity contribution in [2.75, 3.05) is 31.6 Å². The monoisotopic (exact) mass is 448 g/mol. The summed E-state index contributed by atoms with van der Waals surface area (Å²) < 4.78 is 7.03. The molecule has 0 aliphatic carbocycles. The normalized spacial score (nSPS) is 21.2. The predicted molar refractivity (Wildman–Crippen MR) is 127 cm³/mol. The Hall–Kier alpha value is -2.97. The number of hydrogen-bond acceptors (Lipinski definition) is 6. The number of nitrogens with zero attached hydrogens (tertiary/aromatic N) is 5. The zero-order valence-electron chi connectivity index (χ0n) is 19.4. The van der Waals surface area contributed by atoms with Gasteiger partial charge < -0.3 is 20.3 Å². The molecular weight excluding hydrogens is 416 g/mol. The molecule has 8 heteroatoms. The Morgan fingerprint density at radius 2 is 2.00 bits per heavy atom. The minimum absolute atomic E-state index is 0.0458. The van der Waals surface area contributed by atoms with E-state index in [1.807, 2.05) is 45.9 Å². The van der Waals surface area contributed by atoms with Crippen LogP contribution in [-0.4, -0.2) is 58.2 Å². The second-order valence-electron chi connectivity index (χ2n) is 9.25. The molecule has 1 aromatic carbocycles. The van der Waals surface area contributed by atoms with Crippen LogP contribution in [0.1, 0.15) is 58.9 Å². The third-order valence-electron chi connectivity index (χ3n) is 6.77. The number of nitrogens with two attached hydrogens (primary N) is 1. The first kappa shape index (κ1) is 21.9. The number of aromatic nitrogens is 3. The second-order valence-corrected chi connectivity index (χ2v) is 9.25. The van der Waals surface area contributed by atoms with Crippen LogP contribution in [0.2, 0.25) is 0 Å². The first-order valence-electron chi connectivity index (χ1n) is 11.8. The molecule has 0 saturated carbocycles. The second kappa shape index (κ2) is 9.11. The highest BCUT2D eigenvalue weighted by atomic mass is 16.5. The minimum atomic E-state index is -0.0458. The summed E-state index contributed by atoms with van der Waals surface area (Å²) >= 11 is 0. The van der Waals surface area contributed by atoms with Gasteiger partial charge in [-0.25, -0.2) is 9.50 Å². The van der Waals surface area contributed by atoms with Crippen molar-refractivity contribution in [2.24, 2.45) is 5.73 Å². The number of piperidine rings is 1. The van der Waals surface area contributed by atoms with E-state index in [0.717, 1.165) is 73.6 Å². The first-order chi connectivity index (χ1) is 16.0. The van der Waals surface area contributed by atoms with Gasteiger partial charge in [-0.15, -0.1) is 0 Å². The third kappa shape index (κ3) is 4.32. The van der Waals surface area contributed by atoms with Gasteiger partial charge >= 0.3 is 0 Å². The predicted octanol–water partition coefficient (Wildman–Crippen LogP) is 3.09. The zero-order chi connectivity index (χ0) is 22.9. The van der Waals surface area contributed by atoms with E-state index >= 15 is 0 Å². The maximum absolute atomic E-state index is 13.4. The van der Waals surface area contributed by atoms with Crippen LogP contribution in [0, 0.1) is 6.92 Å². The minimum Gasteiger partial charge on any atom is -0.380 e. The summed E-state index contributed by atoms with van der Waals surface area (Å²) in [7, 11) is 1.67. The number of fused-ring (bicyclic) bond motifs is 1. The fraction of sp³-hybridized carbons (Fsp3) is 0.480. The average Bonchev–Trinajstić information content (AvgIpc) is 3.44. The molecule has 174 valence electrons. The maximum Gasteiger partial charge on any atom is 0.254 e. The van der Waals surface area contributed by atoms with Crippen LogP contribution in [0.5, 0.6) is 0 Å². The zero-order valence-corrected chi connectivity index (χ0v) is 19.4. The summed E-state index contributed by atoms with van der Waals surface area (Å²) in [6.07, 6.45) is 6.02. The van der Waals surface area contributed by atoms with Gasteiger partial charge in [-0.3, -0.25) is 4.79 Å². The SMILES string of the molecule is COCc1ccc(C(=O)N2CCCCC2c2cc3nc(N4CCC(N)C4)c(C)cn3n2)cc1. The number of anilines is 1. The number of amides is 1. The van der Waals surface area contributed by atoms with Gasteiger partial charge in [-0.05, 0) is 50.3 Å². The molecule has 2 saturated heterocycles. The number of rotatable bonds is 5. The van der Waals surface area contributed by atoms with E-state index in [0.29, 0.717) is 12.2 Å². The van der Waals surface area contributed by atoms with E-state index in [9.17, 15) is 4.79 Å². The Morgan fingerprint density at radius 1 is 1.18 bits per heavy atom. The molecule has 0 spiro atoms. The topological polar surface area (TPSA) is 89.0 Å². The third-order valence-corrected chi connectivity index (χ3v) is 6.77. The molecule has 2 fully saturated rings. The van der Waals surface area contributed by atoms with Crippen LogP contribution in [0.4, 0.5) is 5.82 Å². The van der Waals surface area contributed by atoms with Gasteiger partial charge in [0.15, 0.2) is 5.65 Å². The Kier molecular flexibility index (Phi) is 6.03. The van der Waals surface area contributed by atoms with Crippen molar-refractivity contribution >= 4 is 17.4 Å². The van der Waals surface area contributed by atoms with Crippen molar-refractivity contribution in [1.82, 2.24) is 19.5 Å². The quantitative estimate of drug-likeness (QED) is 0.645. The number of methoxy groups -OCH3 is 1. The van der Waals surface area contributed by atoms with Gasteiger partial charge in [0.05, 0.1) is 18.3 Å². The summed E-state index contributed by atoms with van der Waals surface area (Å²) in [5, 5.41) is 4.85. The molecule has 1 amide bonds. The van der Waals surface area contributed by atoms with Crippen molar-refractivity contribution in [1.29, 1.82) is 0 Å². The summed E-state index contributed by atoms with van der Waals surface area (Å²) in [6.45, 7) is 5.11. The Balaban J connectivity index is 1.42. The summed E-state index contributed by atoms with van der Waals surface area (Å²) in [6, 6.07) is 9.90. The molecule has 2 aliphatic rings. The number of carbonyl (C=O) groups is 1. The van der Waals surface area contributed by atoms with Crippen molar-refractivity contribution in [2.45, 2.75) is 51.3 Å². The highest BCUT2D eigenvalue weighted by Gasteiger charge is 2.31.